The lowest BCUT2D eigenvalue weighted by atomic mass is 9.60. The van der Waals surface area contributed by atoms with Gasteiger partial charge in [0.1, 0.15) is 18.4 Å². The number of nitriles is 1. The molecule has 4 aromatic rings. The van der Waals surface area contributed by atoms with Crippen molar-refractivity contribution in [2.45, 2.75) is 95.5 Å². The molecule has 2 N–H and O–H groups in total. The van der Waals surface area contributed by atoms with Crippen LogP contribution in [-0.4, -0.2) is 137 Å². The number of carbonyl (C=O) groups is 5. The SMILES string of the molecule is CC(C)(c1ccc(OCc2ccnc(N3CCN(C4CC5(CCN(CC6CCN(c7ccc8c(c7)C(=O)N(C7CCC(=O)NC7=O)C8=O)CC6)CC5)C4)CC3)n2)cc1)c1cc(Cl)cc(C#N)c1.O=C(O)C(F)(F)F. The van der Waals surface area contributed by atoms with Crippen LogP contribution in [0.4, 0.5) is 24.8 Å². The van der Waals surface area contributed by atoms with Crippen LogP contribution < -0.4 is 19.9 Å². The molecule has 4 saturated heterocycles. The second kappa shape index (κ2) is 21.3. The first-order chi connectivity index (χ1) is 35.3. The molecule has 0 radical (unpaired) electrons. The molecule has 1 atom stereocenters. The first-order valence-corrected chi connectivity index (χ1v) is 25.6. The van der Waals surface area contributed by atoms with Gasteiger partial charge in [-0.2, -0.15) is 18.4 Å². The van der Waals surface area contributed by atoms with E-state index in [1.807, 2.05) is 48.7 Å². The summed E-state index contributed by atoms with van der Waals surface area (Å²) in [4.78, 5) is 80.2. The molecule has 20 heteroatoms. The fourth-order valence-corrected chi connectivity index (χ4v) is 11.7. The molecule has 16 nitrogen and oxygen atoms in total. The predicted octanol–water partition coefficient (Wildman–Crippen LogP) is 7.22. The smallest absolute Gasteiger partial charge is 0.487 e. The number of piperidine rings is 3. The van der Waals surface area contributed by atoms with Gasteiger partial charge in [-0.05, 0) is 135 Å². The predicted molar refractivity (Wildman–Crippen MR) is 268 cm³/mol. The van der Waals surface area contributed by atoms with E-state index in [1.165, 1.54) is 38.8 Å². The van der Waals surface area contributed by atoms with Gasteiger partial charge in [0, 0.05) is 80.6 Å². The molecule has 5 aliphatic heterocycles. The Kier molecular flexibility index (Phi) is 15.0. The zero-order valence-electron chi connectivity index (χ0n) is 41.4. The highest BCUT2D eigenvalue weighted by molar-refractivity contribution is 6.30. The number of anilines is 2. The number of alkyl halides is 3. The van der Waals surface area contributed by atoms with Crippen molar-refractivity contribution in [1.29, 1.82) is 5.26 Å². The number of likely N-dealkylation sites (tertiary alicyclic amines) is 1. The first kappa shape index (κ1) is 52.3. The van der Waals surface area contributed by atoms with Gasteiger partial charge in [0.2, 0.25) is 17.8 Å². The summed E-state index contributed by atoms with van der Waals surface area (Å²) in [6.07, 6.45) is 4.31. The summed E-state index contributed by atoms with van der Waals surface area (Å²) in [5.41, 5.74) is 5.20. The van der Waals surface area contributed by atoms with Gasteiger partial charge in [-0.1, -0.05) is 37.6 Å². The van der Waals surface area contributed by atoms with E-state index in [0.717, 1.165) is 97.8 Å². The molecule has 74 heavy (non-hydrogen) atoms. The highest BCUT2D eigenvalue weighted by Gasteiger charge is 2.49. The summed E-state index contributed by atoms with van der Waals surface area (Å²) in [7, 11) is 0. The third-order valence-electron chi connectivity index (χ3n) is 15.9. The number of nitrogens with zero attached hydrogens (tertiary/aromatic N) is 8. The van der Waals surface area contributed by atoms with Gasteiger partial charge in [0.05, 0.1) is 28.5 Å². The molecule has 1 aliphatic carbocycles. The summed E-state index contributed by atoms with van der Waals surface area (Å²) >= 11 is 6.32. The lowest BCUT2D eigenvalue weighted by Crippen LogP contribution is -2.59. The van der Waals surface area contributed by atoms with Crippen molar-refractivity contribution < 1.29 is 47.0 Å². The van der Waals surface area contributed by atoms with Crippen LogP contribution in [-0.2, 0) is 26.4 Å². The molecule has 1 aromatic heterocycles. The normalized spacial score (nSPS) is 20.9. The van der Waals surface area contributed by atoms with E-state index in [4.69, 9.17) is 31.2 Å². The average Bonchev–Trinajstić information content (AvgIpc) is 3.62. The van der Waals surface area contributed by atoms with E-state index in [2.05, 4.69) is 61.9 Å². The number of benzene rings is 3. The molecular weight excluding hydrogens is 979 g/mol. The van der Waals surface area contributed by atoms with E-state index in [0.29, 0.717) is 45.7 Å². The first-order valence-electron chi connectivity index (χ1n) is 25.2. The number of amides is 4. The third kappa shape index (κ3) is 11.4. The molecule has 1 spiro atoms. The van der Waals surface area contributed by atoms with E-state index >= 15 is 0 Å². The highest BCUT2D eigenvalue weighted by atomic mass is 35.5. The molecule has 1 saturated carbocycles. The van der Waals surface area contributed by atoms with Gasteiger partial charge in [-0.25, -0.2) is 14.8 Å². The average molecular weight is 1040 g/mol. The molecule has 1 unspecified atom stereocenters. The topological polar surface area (TPSA) is 193 Å². The molecule has 6 heterocycles. The maximum atomic E-state index is 13.4. The van der Waals surface area contributed by atoms with E-state index in [1.54, 1.807) is 12.1 Å². The number of aliphatic carboxylic acids is 1. The van der Waals surface area contributed by atoms with Crippen LogP contribution in [0.1, 0.15) is 108 Å². The molecule has 6 aliphatic rings. The van der Waals surface area contributed by atoms with Gasteiger partial charge in [-0.3, -0.25) is 34.3 Å². The Labute approximate surface area is 432 Å². The van der Waals surface area contributed by atoms with Crippen molar-refractivity contribution >= 4 is 52.8 Å². The van der Waals surface area contributed by atoms with Crippen LogP contribution in [0.25, 0.3) is 0 Å². The number of aromatic nitrogens is 2. The van der Waals surface area contributed by atoms with E-state index in [9.17, 15) is 37.6 Å². The van der Waals surface area contributed by atoms with Crippen LogP contribution in [0.15, 0.2) is 72.9 Å². The number of ether oxygens (including phenoxy) is 1. The van der Waals surface area contributed by atoms with Crippen LogP contribution in [0.3, 0.4) is 0 Å². The number of hydrogen-bond donors (Lipinski definition) is 2. The number of fused-ring (bicyclic) bond motifs is 1. The Morgan fingerprint density at radius 2 is 1.53 bits per heavy atom. The molecule has 0 bridgehead atoms. The van der Waals surface area contributed by atoms with Gasteiger partial charge >= 0.3 is 12.1 Å². The zero-order chi connectivity index (χ0) is 52.5. The standard InChI is InChI=1S/C52H58ClN9O5.C2HF3O2/c1-51(2,37-25-35(31-54)26-38(53)27-37)36-3-6-42(7-4-36)67-33-39-11-16-55-50(56-39)61-23-21-60(22-24-61)41-29-52(30-41)14-19-58(20-15-52)32-34-12-17-59(18-13-34)40-5-8-43-44(28-40)49(66)62(48(43)65)45-9-10-46(63)57-47(45)64;3-2(4,5)1(6)7/h3-8,11,16,25-28,34,41,45H,9-10,12-15,17-24,29-30,32-33H2,1-2H3,(H,57,63,64);(H,6,7). The quantitative estimate of drug-likeness (QED) is 0.143. The van der Waals surface area contributed by atoms with Crippen LogP contribution in [0.5, 0.6) is 5.75 Å². The monoisotopic (exact) mass is 1040 g/mol. The number of carboxylic acid groups (broad SMARTS) is 1. The number of halogens is 4. The van der Waals surface area contributed by atoms with Gasteiger partial charge < -0.3 is 24.5 Å². The summed E-state index contributed by atoms with van der Waals surface area (Å²) in [5.74, 6) is -2.50. The van der Waals surface area contributed by atoms with Gasteiger partial charge in [-0.15, -0.1) is 0 Å². The molecule has 3 aromatic carbocycles. The summed E-state index contributed by atoms with van der Waals surface area (Å²) in [5, 5.41) is 19.4. The Hall–Kier alpha value is -6.62. The zero-order valence-corrected chi connectivity index (χ0v) is 42.1. The minimum absolute atomic E-state index is 0.106. The Bertz CT molecular complexity index is 2830. The maximum absolute atomic E-state index is 13.4. The molecular formula is C54H59ClF3N9O7. The summed E-state index contributed by atoms with van der Waals surface area (Å²) < 4.78 is 37.9. The number of imide groups is 2. The van der Waals surface area contributed by atoms with Crippen molar-refractivity contribution in [3.8, 4) is 11.8 Å². The Morgan fingerprint density at radius 1 is 0.851 bits per heavy atom. The molecule has 10 rings (SSSR count). The lowest BCUT2D eigenvalue weighted by molar-refractivity contribution is -0.192. The van der Waals surface area contributed by atoms with E-state index < -0.39 is 35.9 Å². The van der Waals surface area contributed by atoms with Crippen LogP contribution >= 0.6 is 11.6 Å². The lowest BCUT2D eigenvalue weighted by Gasteiger charge is -2.56. The van der Waals surface area contributed by atoms with Crippen molar-refractivity contribution in [2.24, 2.45) is 11.3 Å². The fraction of sp³-hybridized carbons (Fsp3) is 0.481. The number of rotatable bonds is 11. The van der Waals surface area contributed by atoms with Crippen molar-refractivity contribution in [2.75, 3.05) is 68.7 Å². The van der Waals surface area contributed by atoms with Gasteiger partial charge in [0.15, 0.2) is 0 Å². The molecule has 390 valence electrons. The minimum Gasteiger partial charge on any atom is -0.487 e. The second-order valence-corrected chi connectivity index (χ2v) is 21.4. The summed E-state index contributed by atoms with van der Waals surface area (Å²) in [6, 6.07) is 22.8. The third-order valence-corrected chi connectivity index (χ3v) is 16.2. The number of hydrogen-bond acceptors (Lipinski definition) is 13. The number of carbonyl (C=O) groups excluding carboxylic acids is 4. The second-order valence-electron chi connectivity index (χ2n) is 20.9. The minimum atomic E-state index is -5.08. The van der Waals surface area contributed by atoms with Crippen LogP contribution in [0.2, 0.25) is 5.02 Å². The van der Waals surface area contributed by atoms with Crippen molar-refractivity contribution in [3.05, 3.63) is 111 Å². The van der Waals surface area contributed by atoms with Crippen molar-refractivity contribution in [3.63, 3.8) is 0 Å². The molecule has 4 amide bonds. The molecule has 5 fully saturated rings. The number of piperazine rings is 1. The highest BCUT2D eigenvalue weighted by Crippen LogP contribution is 2.51. The fourth-order valence-electron chi connectivity index (χ4n) is 11.4. The van der Waals surface area contributed by atoms with Gasteiger partial charge in [0.25, 0.3) is 11.8 Å². The van der Waals surface area contributed by atoms with Crippen LogP contribution in [0, 0.1) is 22.7 Å². The Balaban J connectivity index is 0.000000898. The van der Waals surface area contributed by atoms with Crippen molar-refractivity contribution in [1.82, 2.24) is 30.0 Å². The summed E-state index contributed by atoms with van der Waals surface area (Å²) in [6.45, 7) is 13.7. The number of carboxylic acids is 1. The largest absolute Gasteiger partial charge is 0.490 e. The maximum Gasteiger partial charge on any atom is 0.490 e. The number of nitrogens with one attached hydrogen (secondary N) is 1. The Morgan fingerprint density at radius 3 is 2.18 bits per heavy atom. The van der Waals surface area contributed by atoms with E-state index in [-0.39, 0.29) is 24.2 Å².